The van der Waals surface area contributed by atoms with Gasteiger partial charge in [0, 0.05) is 34.5 Å². The van der Waals surface area contributed by atoms with Gasteiger partial charge in [0.05, 0.1) is 29.4 Å². The standard InChI is InChI=1S/C32H32ClF3N6O.CH3NO/c1-31(21-8-4-2-5-9-21)14-7-3-6-10-28(26-16-22(31)13-15-39-26)41-20-40-25(18-30(41)43)24-17-23(33)11-12-27(24)42(38)19-29(37)32(34,35)36;2-1-3/h2,4-5,8-9,11-13,15-20,28H,3,6-7,10,14,37-38H2,1H3;1H,(H2,2,3)/b29-19-;. The van der Waals surface area contributed by atoms with Crippen molar-refractivity contribution in [3.8, 4) is 11.3 Å². The number of hydrogen-bond acceptors (Lipinski definition) is 7. The van der Waals surface area contributed by atoms with Gasteiger partial charge in [-0.3, -0.25) is 24.1 Å². The van der Waals surface area contributed by atoms with Gasteiger partial charge in [0.15, 0.2) is 0 Å². The number of primary amides is 1. The summed E-state index contributed by atoms with van der Waals surface area (Å²) in [4.78, 5) is 31.4. The molecule has 0 aliphatic heterocycles. The van der Waals surface area contributed by atoms with Crippen LogP contribution >= 0.6 is 11.6 Å². The van der Waals surface area contributed by atoms with Crippen LogP contribution in [0.1, 0.15) is 61.9 Å². The van der Waals surface area contributed by atoms with Gasteiger partial charge in [0.1, 0.15) is 5.70 Å². The number of anilines is 1. The summed E-state index contributed by atoms with van der Waals surface area (Å²) in [5.41, 5.74) is 11.1. The molecule has 2 atom stereocenters. The third-order valence-electron chi connectivity index (χ3n) is 8.11. The first-order valence-corrected chi connectivity index (χ1v) is 14.9. The van der Waals surface area contributed by atoms with Crippen molar-refractivity contribution in [1.82, 2.24) is 14.5 Å². The lowest BCUT2D eigenvalue weighted by atomic mass is 9.72. The van der Waals surface area contributed by atoms with Crippen molar-refractivity contribution < 1.29 is 18.0 Å². The molecule has 2 bridgehead atoms. The Bertz CT molecular complexity index is 1750. The lowest BCUT2D eigenvalue weighted by Crippen LogP contribution is -2.30. The maximum atomic E-state index is 13.6. The van der Waals surface area contributed by atoms with E-state index in [1.165, 1.54) is 36.2 Å². The molecule has 0 spiro atoms. The van der Waals surface area contributed by atoms with Gasteiger partial charge in [-0.25, -0.2) is 10.8 Å². The molecule has 0 radical (unpaired) electrons. The Morgan fingerprint density at radius 3 is 2.43 bits per heavy atom. The predicted octanol–water partition coefficient (Wildman–Crippen LogP) is 5.96. The van der Waals surface area contributed by atoms with Crippen LogP contribution in [0.4, 0.5) is 18.9 Å². The number of nitrogens with zero attached hydrogens (tertiary/aromatic N) is 4. The molecule has 4 aromatic rings. The first-order chi connectivity index (χ1) is 21.9. The molecule has 9 nitrogen and oxygen atoms in total. The van der Waals surface area contributed by atoms with E-state index in [9.17, 15) is 18.0 Å². The van der Waals surface area contributed by atoms with E-state index in [1.807, 2.05) is 24.3 Å². The molecule has 46 heavy (non-hydrogen) atoms. The van der Waals surface area contributed by atoms with Gasteiger partial charge >= 0.3 is 6.18 Å². The molecule has 1 amide bonds. The lowest BCUT2D eigenvalue weighted by Gasteiger charge is -2.33. The molecule has 242 valence electrons. The fraction of sp³-hybridized carbons (Fsp3) is 0.273. The van der Waals surface area contributed by atoms with Crippen molar-refractivity contribution in [2.75, 3.05) is 5.01 Å². The van der Waals surface area contributed by atoms with Crippen LogP contribution in [0.15, 0.2) is 95.9 Å². The average molecular weight is 654 g/mol. The number of carbonyl (C=O) groups is 1. The van der Waals surface area contributed by atoms with Crippen molar-refractivity contribution in [2.24, 2.45) is 17.3 Å². The number of pyridine rings is 1. The molecule has 0 fully saturated rings. The molecule has 2 aromatic carbocycles. The van der Waals surface area contributed by atoms with Crippen molar-refractivity contribution in [1.29, 1.82) is 0 Å². The van der Waals surface area contributed by atoms with E-state index in [0.717, 1.165) is 41.9 Å². The minimum atomic E-state index is -4.76. The third-order valence-corrected chi connectivity index (χ3v) is 8.35. The number of carbonyl (C=O) groups excluding carboxylic acids is 1. The van der Waals surface area contributed by atoms with Crippen LogP contribution in [-0.2, 0) is 10.2 Å². The molecule has 0 saturated carbocycles. The fourth-order valence-electron chi connectivity index (χ4n) is 5.68. The summed E-state index contributed by atoms with van der Waals surface area (Å²) < 4.78 is 40.7. The number of rotatable bonds is 5. The van der Waals surface area contributed by atoms with Crippen LogP contribution in [-0.4, -0.2) is 27.1 Å². The van der Waals surface area contributed by atoms with Gasteiger partial charge in [-0.2, -0.15) is 13.2 Å². The number of allylic oxidation sites excluding steroid dienone is 1. The van der Waals surface area contributed by atoms with Gasteiger partial charge in [-0.1, -0.05) is 68.1 Å². The van der Waals surface area contributed by atoms with Crippen LogP contribution in [0.25, 0.3) is 11.3 Å². The summed E-state index contributed by atoms with van der Waals surface area (Å²) in [7, 11) is 0. The molecule has 2 heterocycles. The predicted molar refractivity (Wildman–Crippen MR) is 173 cm³/mol. The summed E-state index contributed by atoms with van der Waals surface area (Å²) in [5, 5.41) is 1.03. The maximum absolute atomic E-state index is 13.6. The Balaban J connectivity index is 0.00000154. The largest absolute Gasteiger partial charge is 0.432 e. The van der Waals surface area contributed by atoms with Crippen molar-refractivity contribution in [3.05, 3.63) is 123 Å². The van der Waals surface area contributed by atoms with Gasteiger partial charge in [0.2, 0.25) is 6.41 Å². The van der Waals surface area contributed by atoms with Crippen LogP contribution in [0.2, 0.25) is 5.02 Å². The van der Waals surface area contributed by atoms with Crippen molar-refractivity contribution in [3.63, 3.8) is 0 Å². The van der Waals surface area contributed by atoms with Crippen LogP contribution in [0.3, 0.4) is 0 Å². The van der Waals surface area contributed by atoms with E-state index in [4.69, 9.17) is 28.0 Å². The van der Waals surface area contributed by atoms with E-state index in [0.29, 0.717) is 17.6 Å². The van der Waals surface area contributed by atoms with E-state index >= 15 is 0 Å². The number of benzene rings is 2. The number of aromatic nitrogens is 3. The number of fused-ring (bicyclic) bond motifs is 2. The number of alkyl halides is 3. The van der Waals surface area contributed by atoms with Gasteiger partial charge in [0.25, 0.3) is 5.56 Å². The SMILES string of the molecule is CC1(c2ccccc2)CCCCCC(n2cnc(-c3cc(Cl)ccc3N(N)/C=C(\N)C(F)(F)F)cc2=O)c2cc1ccn2.NC=O. The molecule has 0 saturated heterocycles. The quantitative estimate of drug-likeness (QED) is 0.137. The molecular formula is C33H35ClF3N7O2. The zero-order chi connectivity index (χ0) is 33.5. The Morgan fingerprint density at radius 1 is 1.04 bits per heavy atom. The van der Waals surface area contributed by atoms with Crippen LogP contribution in [0, 0.1) is 0 Å². The summed E-state index contributed by atoms with van der Waals surface area (Å²) >= 11 is 6.21. The highest BCUT2D eigenvalue weighted by Gasteiger charge is 2.33. The molecule has 2 aromatic heterocycles. The Kier molecular flexibility index (Phi) is 10.9. The number of amides is 1. The normalized spacial score (nSPS) is 18.6. The van der Waals surface area contributed by atoms with Gasteiger partial charge in [-0.15, -0.1) is 0 Å². The summed E-state index contributed by atoms with van der Waals surface area (Å²) in [6.07, 6.45) is 3.90. The number of halogens is 4. The van der Waals surface area contributed by atoms with Crippen molar-refractivity contribution in [2.45, 2.75) is 56.7 Å². The number of hydrogen-bond donors (Lipinski definition) is 3. The number of nitrogens with two attached hydrogens (primary N) is 3. The number of hydrazine groups is 1. The molecule has 2 unspecified atom stereocenters. The molecule has 5 rings (SSSR count). The van der Waals surface area contributed by atoms with E-state index in [1.54, 1.807) is 10.8 Å². The third kappa shape index (κ3) is 7.75. The minimum absolute atomic E-state index is 0.134. The maximum Gasteiger partial charge on any atom is 0.432 e. The van der Waals surface area contributed by atoms with Crippen LogP contribution in [0.5, 0.6) is 0 Å². The first-order valence-electron chi connectivity index (χ1n) is 14.5. The Labute approximate surface area is 269 Å². The van der Waals surface area contributed by atoms with Crippen molar-refractivity contribution >= 4 is 23.7 Å². The molecule has 1 aliphatic rings. The smallest absolute Gasteiger partial charge is 0.393 e. The van der Waals surface area contributed by atoms with E-state index < -0.39 is 11.9 Å². The lowest BCUT2D eigenvalue weighted by molar-refractivity contribution is -0.107. The zero-order valence-electron chi connectivity index (χ0n) is 25.1. The molecule has 1 aliphatic carbocycles. The monoisotopic (exact) mass is 653 g/mol. The van der Waals surface area contributed by atoms with E-state index in [2.05, 4.69) is 40.8 Å². The highest BCUT2D eigenvalue weighted by molar-refractivity contribution is 6.31. The average Bonchev–Trinajstić information content (AvgIpc) is 3.03. The second kappa shape index (κ2) is 14.6. The molecule has 6 N–H and O–H groups in total. The summed E-state index contributed by atoms with van der Waals surface area (Å²) in [6.45, 7) is 2.25. The molecular weight excluding hydrogens is 619 g/mol. The fourth-order valence-corrected chi connectivity index (χ4v) is 5.85. The van der Waals surface area contributed by atoms with Gasteiger partial charge in [-0.05, 0) is 54.3 Å². The highest BCUT2D eigenvalue weighted by atomic mass is 35.5. The van der Waals surface area contributed by atoms with Gasteiger partial charge < -0.3 is 11.5 Å². The Hall–Kier alpha value is -4.68. The second-order valence-electron chi connectivity index (χ2n) is 11.1. The summed E-state index contributed by atoms with van der Waals surface area (Å²) in [5.74, 6) is 5.94. The minimum Gasteiger partial charge on any atom is -0.393 e. The highest BCUT2D eigenvalue weighted by Crippen LogP contribution is 2.39. The summed E-state index contributed by atoms with van der Waals surface area (Å²) in [6, 6.07) is 19.9. The second-order valence-corrected chi connectivity index (χ2v) is 11.5. The topological polar surface area (TPSA) is 146 Å². The molecule has 13 heteroatoms. The van der Waals surface area contributed by atoms with E-state index in [-0.39, 0.29) is 40.4 Å². The zero-order valence-corrected chi connectivity index (χ0v) is 25.9. The van der Waals surface area contributed by atoms with Crippen LogP contribution < -0.4 is 27.9 Å². The first kappa shape index (κ1) is 34.2. The Morgan fingerprint density at radius 2 is 1.76 bits per heavy atom.